The first-order valence-corrected chi connectivity index (χ1v) is 15.1. The number of rotatable bonds is 7. The Balaban J connectivity index is 1.07. The van der Waals surface area contributed by atoms with Crippen molar-refractivity contribution in [3.05, 3.63) is 70.9 Å². The molecule has 11 heteroatoms. The largest absolute Gasteiger partial charge is 0.344 e. The molecule has 3 aliphatic rings. The van der Waals surface area contributed by atoms with Crippen LogP contribution in [0.25, 0.3) is 11.3 Å². The van der Waals surface area contributed by atoms with Crippen LogP contribution in [0.2, 0.25) is 0 Å². The summed E-state index contributed by atoms with van der Waals surface area (Å²) in [5, 5.41) is 20.8. The number of amides is 3. The van der Waals surface area contributed by atoms with Crippen molar-refractivity contribution < 1.29 is 18.8 Å². The summed E-state index contributed by atoms with van der Waals surface area (Å²) < 4.78 is 16.3. The number of carbonyl (C=O) groups excluding carboxylic acids is 3. The zero-order valence-electron chi connectivity index (χ0n) is 25.2. The molecule has 1 aromatic heterocycles. The standard InChI is InChI=1S/C33H36FN7O3/c1-20(2)21-7-9-22(10-8-21)29-18-40(38-37-29)16-24-6-4-5-23-15-39(17-27(23)24)30(42)12-25-11-28(36-31(25)43)32(44)41-19-33(3,34)13-26(41)14-35/h4-10,18,20,25-26,28H,11-13,15-17,19H2,1-3H3,(H,36,43)/t25-,26-,28-,33?/m0/s1. The number of nitrogens with one attached hydrogen (secondary N) is 1. The molecule has 3 amide bonds. The lowest BCUT2D eigenvalue weighted by atomic mass is 9.99. The Morgan fingerprint density at radius 1 is 1.18 bits per heavy atom. The second-order valence-electron chi connectivity index (χ2n) is 12.8. The topological polar surface area (TPSA) is 124 Å². The first kappa shape index (κ1) is 29.5. The van der Waals surface area contributed by atoms with E-state index in [-0.39, 0.29) is 37.6 Å². The first-order chi connectivity index (χ1) is 21.0. The summed E-state index contributed by atoms with van der Waals surface area (Å²) in [6, 6.07) is 14.6. The Kier molecular flexibility index (Phi) is 7.70. The predicted octanol–water partition coefficient (Wildman–Crippen LogP) is 3.71. The molecule has 2 aromatic carbocycles. The van der Waals surface area contributed by atoms with Crippen molar-refractivity contribution in [1.82, 2.24) is 30.1 Å². The van der Waals surface area contributed by atoms with Crippen LogP contribution in [0.4, 0.5) is 4.39 Å². The molecule has 3 aliphatic heterocycles. The van der Waals surface area contributed by atoms with Crippen LogP contribution in [0.5, 0.6) is 0 Å². The summed E-state index contributed by atoms with van der Waals surface area (Å²) in [5.41, 5.74) is 4.58. The van der Waals surface area contributed by atoms with E-state index in [2.05, 4.69) is 53.7 Å². The number of hydrogen-bond donors (Lipinski definition) is 1. The van der Waals surface area contributed by atoms with E-state index in [1.54, 1.807) is 9.58 Å². The maximum absolute atomic E-state index is 14.5. The molecule has 10 nitrogen and oxygen atoms in total. The molecule has 0 aliphatic carbocycles. The molecular formula is C33H36FN7O3. The van der Waals surface area contributed by atoms with Crippen molar-refractivity contribution in [2.45, 2.75) is 83.3 Å². The second-order valence-corrected chi connectivity index (χ2v) is 12.8. The number of benzene rings is 2. The van der Waals surface area contributed by atoms with E-state index in [1.807, 2.05) is 30.5 Å². The van der Waals surface area contributed by atoms with Gasteiger partial charge in [-0.25, -0.2) is 9.07 Å². The minimum atomic E-state index is -1.65. The number of aromatic nitrogens is 3. The minimum absolute atomic E-state index is 0.0243. The van der Waals surface area contributed by atoms with Crippen LogP contribution >= 0.6 is 0 Å². The van der Waals surface area contributed by atoms with Gasteiger partial charge in [-0.1, -0.05) is 61.5 Å². The van der Waals surface area contributed by atoms with Crippen LogP contribution in [-0.2, 0) is 34.0 Å². The molecule has 0 radical (unpaired) electrons. The van der Waals surface area contributed by atoms with Crippen LogP contribution < -0.4 is 5.32 Å². The molecule has 2 fully saturated rings. The zero-order chi connectivity index (χ0) is 31.2. The average molecular weight is 598 g/mol. The molecule has 3 aromatic rings. The fourth-order valence-electron chi connectivity index (χ4n) is 6.55. The molecule has 0 spiro atoms. The predicted molar refractivity (Wildman–Crippen MR) is 159 cm³/mol. The number of alkyl halides is 1. The van der Waals surface area contributed by atoms with Crippen molar-refractivity contribution >= 4 is 17.7 Å². The van der Waals surface area contributed by atoms with Gasteiger partial charge in [0.15, 0.2) is 0 Å². The van der Waals surface area contributed by atoms with Crippen molar-refractivity contribution in [2.75, 3.05) is 6.54 Å². The Hall–Kier alpha value is -4.59. The molecule has 6 rings (SSSR count). The third-order valence-electron chi connectivity index (χ3n) is 9.03. The van der Waals surface area contributed by atoms with Crippen LogP contribution in [0.15, 0.2) is 48.7 Å². The van der Waals surface area contributed by atoms with Gasteiger partial charge >= 0.3 is 0 Å². The van der Waals surface area contributed by atoms with E-state index in [0.717, 1.165) is 27.9 Å². The molecule has 1 unspecified atom stereocenters. The van der Waals surface area contributed by atoms with Gasteiger partial charge in [0.05, 0.1) is 25.4 Å². The summed E-state index contributed by atoms with van der Waals surface area (Å²) in [6.45, 7) is 6.88. The maximum Gasteiger partial charge on any atom is 0.246 e. The van der Waals surface area contributed by atoms with Gasteiger partial charge in [0.2, 0.25) is 17.7 Å². The fourth-order valence-corrected chi connectivity index (χ4v) is 6.55. The average Bonchev–Trinajstić information content (AvgIpc) is 3.78. The summed E-state index contributed by atoms with van der Waals surface area (Å²) in [5.74, 6) is -1.21. The highest BCUT2D eigenvalue weighted by Gasteiger charge is 2.47. The van der Waals surface area contributed by atoms with Gasteiger partial charge in [-0.3, -0.25) is 14.4 Å². The Morgan fingerprint density at radius 2 is 1.95 bits per heavy atom. The fraction of sp³-hybridized carbons (Fsp3) is 0.455. The highest BCUT2D eigenvalue weighted by Crippen LogP contribution is 2.33. The van der Waals surface area contributed by atoms with Crippen LogP contribution in [-0.4, -0.2) is 66.8 Å². The van der Waals surface area contributed by atoms with Gasteiger partial charge < -0.3 is 15.1 Å². The summed E-state index contributed by atoms with van der Waals surface area (Å²) in [6.07, 6.45) is 1.98. The molecule has 0 saturated carbocycles. The Bertz CT molecular complexity index is 1640. The summed E-state index contributed by atoms with van der Waals surface area (Å²) >= 11 is 0. The number of hydrogen-bond acceptors (Lipinski definition) is 6. The zero-order valence-corrected chi connectivity index (χ0v) is 25.2. The third kappa shape index (κ3) is 5.81. The molecule has 0 bridgehead atoms. The molecule has 228 valence electrons. The van der Waals surface area contributed by atoms with E-state index in [4.69, 9.17) is 0 Å². The smallest absolute Gasteiger partial charge is 0.246 e. The molecular weight excluding hydrogens is 561 g/mol. The van der Waals surface area contributed by atoms with Gasteiger partial charge in [-0.2, -0.15) is 5.26 Å². The van der Waals surface area contributed by atoms with Crippen LogP contribution in [0, 0.1) is 17.2 Å². The molecule has 44 heavy (non-hydrogen) atoms. The van der Waals surface area contributed by atoms with E-state index in [9.17, 15) is 24.0 Å². The minimum Gasteiger partial charge on any atom is -0.344 e. The van der Waals surface area contributed by atoms with Gasteiger partial charge in [-0.05, 0) is 41.5 Å². The van der Waals surface area contributed by atoms with E-state index >= 15 is 0 Å². The van der Waals surface area contributed by atoms with Crippen LogP contribution in [0.1, 0.15) is 68.2 Å². The number of nitrogens with zero attached hydrogens (tertiary/aromatic N) is 6. The van der Waals surface area contributed by atoms with E-state index < -0.39 is 29.6 Å². The monoisotopic (exact) mass is 597 g/mol. The molecule has 4 atom stereocenters. The quantitative estimate of drug-likeness (QED) is 0.443. The van der Waals surface area contributed by atoms with Crippen molar-refractivity contribution in [1.29, 1.82) is 5.26 Å². The third-order valence-corrected chi connectivity index (χ3v) is 9.03. The van der Waals surface area contributed by atoms with Gasteiger partial charge in [0.25, 0.3) is 0 Å². The van der Waals surface area contributed by atoms with Gasteiger partial charge in [0.1, 0.15) is 23.4 Å². The number of nitriles is 1. The maximum atomic E-state index is 14.5. The lowest BCUT2D eigenvalue weighted by Gasteiger charge is -2.23. The lowest BCUT2D eigenvalue weighted by Crippen LogP contribution is -2.46. The van der Waals surface area contributed by atoms with Crippen molar-refractivity contribution in [2.24, 2.45) is 5.92 Å². The van der Waals surface area contributed by atoms with Crippen LogP contribution in [0.3, 0.4) is 0 Å². The normalized spacial score (nSPS) is 24.5. The van der Waals surface area contributed by atoms with Crippen molar-refractivity contribution in [3.8, 4) is 17.3 Å². The summed E-state index contributed by atoms with van der Waals surface area (Å²) in [7, 11) is 0. The van der Waals surface area contributed by atoms with Gasteiger partial charge in [-0.15, -0.1) is 5.10 Å². The van der Waals surface area contributed by atoms with Crippen molar-refractivity contribution in [3.63, 3.8) is 0 Å². The SMILES string of the molecule is CC(C)c1ccc(-c2cn(Cc3cccc4c3CN(C(=O)C[C@@H]3C[C@@H](C(=O)N5CC(C)(F)C[C@H]5C#N)NC3=O)C4)nn2)cc1. The van der Waals surface area contributed by atoms with E-state index in [1.165, 1.54) is 17.4 Å². The number of halogens is 1. The Morgan fingerprint density at radius 3 is 2.68 bits per heavy atom. The summed E-state index contributed by atoms with van der Waals surface area (Å²) in [4.78, 5) is 42.1. The molecule has 1 N–H and O–H groups in total. The first-order valence-electron chi connectivity index (χ1n) is 15.1. The molecule has 2 saturated heterocycles. The van der Waals surface area contributed by atoms with E-state index in [0.29, 0.717) is 25.6 Å². The van der Waals surface area contributed by atoms with Gasteiger partial charge in [0, 0.05) is 37.4 Å². The number of fused-ring (bicyclic) bond motifs is 1. The number of carbonyl (C=O) groups is 3. The highest BCUT2D eigenvalue weighted by atomic mass is 19.1. The Labute approximate surface area is 255 Å². The highest BCUT2D eigenvalue weighted by molar-refractivity contribution is 5.94. The molecule has 4 heterocycles. The number of likely N-dealkylation sites (tertiary alicyclic amines) is 1. The lowest BCUT2D eigenvalue weighted by molar-refractivity contribution is -0.135. The second kappa shape index (κ2) is 11.5.